The van der Waals surface area contributed by atoms with Crippen molar-refractivity contribution in [1.82, 2.24) is 9.88 Å². The lowest BCUT2D eigenvalue weighted by Gasteiger charge is -2.50. The van der Waals surface area contributed by atoms with Crippen LogP contribution in [0.15, 0.2) is 5.38 Å². The lowest BCUT2D eigenvalue weighted by atomic mass is 9.73. The van der Waals surface area contributed by atoms with Gasteiger partial charge in [0.05, 0.1) is 30.0 Å². The minimum atomic E-state index is -5.08. The zero-order valence-electron chi connectivity index (χ0n) is 17.1. The number of aromatic nitrogens is 1. The molecule has 2 atom stereocenters. The second-order valence-corrected chi connectivity index (χ2v) is 9.51. The van der Waals surface area contributed by atoms with Gasteiger partial charge in [-0.1, -0.05) is 0 Å². The number of carboxylic acids is 1. The van der Waals surface area contributed by atoms with Crippen molar-refractivity contribution in [3.63, 3.8) is 0 Å². The molecule has 3 aliphatic rings. The molecule has 4 rings (SSSR count). The number of piperidine rings is 1. The fourth-order valence-corrected chi connectivity index (χ4v) is 4.85. The minimum Gasteiger partial charge on any atom is -0.475 e. The van der Waals surface area contributed by atoms with E-state index in [9.17, 15) is 13.2 Å². The van der Waals surface area contributed by atoms with Crippen molar-refractivity contribution >= 4 is 17.3 Å². The second kappa shape index (κ2) is 9.93. The van der Waals surface area contributed by atoms with Crippen molar-refractivity contribution < 1.29 is 32.5 Å². The summed E-state index contributed by atoms with van der Waals surface area (Å²) in [5.41, 5.74) is 1.28. The van der Waals surface area contributed by atoms with Crippen LogP contribution in [-0.4, -0.2) is 66.1 Å². The van der Waals surface area contributed by atoms with Crippen LogP contribution < -0.4 is 0 Å². The number of halogens is 3. The van der Waals surface area contributed by atoms with Gasteiger partial charge in [0, 0.05) is 37.0 Å². The molecular formula is C20H29F3N2O4S. The van der Waals surface area contributed by atoms with Crippen LogP contribution in [0.5, 0.6) is 0 Å². The smallest absolute Gasteiger partial charge is 0.475 e. The van der Waals surface area contributed by atoms with E-state index in [1.807, 2.05) is 0 Å². The van der Waals surface area contributed by atoms with E-state index in [1.165, 1.54) is 45.2 Å². The largest absolute Gasteiger partial charge is 0.490 e. The molecule has 10 heteroatoms. The van der Waals surface area contributed by atoms with Gasteiger partial charge in [-0.15, -0.1) is 11.3 Å². The quantitative estimate of drug-likeness (QED) is 0.709. The summed E-state index contributed by atoms with van der Waals surface area (Å²) in [4.78, 5) is 16.1. The third-order valence-electron chi connectivity index (χ3n) is 5.83. The standard InChI is InChI=1S/C18H28N2O2S.C2HF3O2/c1-14-19-16(11-23-14)10-21-13-18-6-2-8-22-17(18)5-7-20(12-18)9-15-3-4-15;3-2(4,5)1(6)7/h11,15,17H,2-10,12-13H2,1H3;(H,6,7). The number of aryl methyl sites for hydroxylation is 1. The number of hydrogen-bond donors (Lipinski definition) is 1. The Bertz CT molecular complexity index is 710. The number of thiazole rings is 1. The number of rotatable bonds is 6. The van der Waals surface area contributed by atoms with Gasteiger partial charge < -0.3 is 19.5 Å². The summed E-state index contributed by atoms with van der Waals surface area (Å²) in [7, 11) is 0. The summed E-state index contributed by atoms with van der Waals surface area (Å²) in [6.07, 6.45) is 1.77. The third-order valence-corrected chi connectivity index (χ3v) is 6.65. The van der Waals surface area contributed by atoms with E-state index in [1.54, 1.807) is 11.3 Å². The molecule has 0 aromatic carbocycles. The highest BCUT2D eigenvalue weighted by Crippen LogP contribution is 2.42. The van der Waals surface area contributed by atoms with Crippen molar-refractivity contribution in [2.24, 2.45) is 11.3 Å². The van der Waals surface area contributed by atoms with Gasteiger partial charge in [-0.3, -0.25) is 0 Å². The highest BCUT2D eigenvalue weighted by molar-refractivity contribution is 7.09. The van der Waals surface area contributed by atoms with Gasteiger partial charge in [0.25, 0.3) is 0 Å². The number of carboxylic acid groups (broad SMARTS) is 1. The number of hydrogen-bond acceptors (Lipinski definition) is 6. The molecule has 2 saturated heterocycles. The molecule has 0 bridgehead atoms. The predicted molar refractivity (Wildman–Crippen MR) is 105 cm³/mol. The molecule has 1 aromatic rings. The molecule has 3 heterocycles. The minimum absolute atomic E-state index is 0.205. The molecule has 1 saturated carbocycles. The van der Waals surface area contributed by atoms with Gasteiger partial charge in [0.2, 0.25) is 0 Å². The number of likely N-dealkylation sites (tertiary alicyclic amines) is 1. The van der Waals surface area contributed by atoms with Crippen molar-refractivity contribution in [2.75, 3.05) is 32.8 Å². The maximum atomic E-state index is 10.6. The van der Waals surface area contributed by atoms with Gasteiger partial charge >= 0.3 is 12.1 Å². The summed E-state index contributed by atoms with van der Waals surface area (Å²) in [6, 6.07) is 0. The first-order valence-electron chi connectivity index (χ1n) is 10.3. The molecule has 170 valence electrons. The number of fused-ring (bicyclic) bond motifs is 1. The van der Waals surface area contributed by atoms with E-state index in [0.29, 0.717) is 12.7 Å². The average molecular weight is 451 g/mol. The Labute approximate surface area is 178 Å². The average Bonchev–Trinajstić information content (AvgIpc) is 3.40. The molecule has 30 heavy (non-hydrogen) atoms. The van der Waals surface area contributed by atoms with Crippen LogP contribution >= 0.6 is 11.3 Å². The second-order valence-electron chi connectivity index (χ2n) is 8.45. The van der Waals surface area contributed by atoms with Crippen LogP contribution in [-0.2, 0) is 20.9 Å². The maximum absolute atomic E-state index is 10.6. The summed E-state index contributed by atoms with van der Waals surface area (Å²) in [5.74, 6) is -1.79. The van der Waals surface area contributed by atoms with E-state index in [2.05, 4.69) is 22.2 Å². The van der Waals surface area contributed by atoms with E-state index in [-0.39, 0.29) is 5.41 Å². The summed E-state index contributed by atoms with van der Waals surface area (Å²) in [6.45, 7) is 8.09. The van der Waals surface area contributed by atoms with Crippen LogP contribution in [0.25, 0.3) is 0 Å². The first-order chi connectivity index (χ1) is 14.2. The lowest BCUT2D eigenvalue weighted by molar-refractivity contribution is -0.192. The first-order valence-corrected chi connectivity index (χ1v) is 11.2. The molecule has 2 aliphatic heterocycles. The van der Waals surface area contributed by atoms with Gasteiger partial charge in [0.15, 0.2) is 0 Å². The number of alkyl halides is 3. The Balaban J connectivity index is 0.000000318. The molecule has 0 amide bonds. The topological polar surface area (TPSA) is 71.9 Å². The predicted octanol–water partition coefficient (Wildman–Crippen LogP) is 3.88. The Morgan fingerprint density at radius 2 is 2.17 bits per heavy atom. The van der Waals surface area contributed by atoms with Crippen molar-refractivity contribution in [3.05, 3.63) is 16.1 Å². The molecule has 0 spiro atoms. The van der Waals surface area contributed by atoms with E-state index in [4.69, 9.17) is 19.4 Å². The molecule has 6 nitrogen and oxygen atoms in total. The van der Waals surface area contributed by atoms with E-state index < -0.39 is 12.1 Å². The fraction of sp³-hybridized carbons (Fsp3) is 0.800. The summed E-state index contributed by atoms with van der Waals surface area (Å²) in [5, 5.41) is 10.4. The Kier molecular flexibility index (Phi) is 7.76. The van der Waals surface area contributed by atoms with Crippen molar-refractivity contribution in [2.45, 2.75) is 57.9 Å². The third kappa shape index (κ3) is 6.63. The van der Waals surface area contributed by atoms with Gasteiger partial charge in [0.1, 0.15) is 0 Å². The van der Waals surface area contributed by atoms with Crippen LogP contribution in [0.2, 0.25) is 0 Å². The van der Waals surface area contributed by atoms with Crippen molar-refractivity contribution in [1.29, 1.82) is 0 Å². The number of nitrogens with zero attached hydrogens (tertiary/aromatic N) is 2. The highest BCUT2D eigenvalue weighted by atomic mass is 32.1. The monoisotopic (exact) mass is 450 g/mol. The van der Waals surface area contributed by atoms with Crippen LogP contribution in [0.1, 0.15) is 42.8 Å². The fourth-order valence-electron chi connectivity index (χ4n) is 4.25. The maximum Gasteiger partial charge on any atom is 0.490 e. The van der Waals surface area contributed by atoms with Crippen LogP contribution in [0, 0.1) is 18.3 Å². The molecule has 0 radical (unpaired) electrons. The summed E-state index contributed by atoms with van der Waals surface area (Å²) >= 11 is 1.70. The number of aliphatic carboxylic acids is 1. The molecular weight excluding hydrogens is 421 g/mol. The zero-order chi connectivity index (χ0) is 21.8. The first kappa shape index (κ1) is 23.4. The number of ether oxygens (including phenoxy) is 2. The lowest BCUT2D eigenvalue weighted by Crippen LogP contribution is -2.57. The Morgan fingerprint density at radius 1 is 1.43 bits per heavy atom. The van der Waals surface area contributed by atoms with Crippen molar-refractivity contribution in [3.8, 4) is 0 Å². The Morgan fingerprint density at radius 3 is 2.77 bits per heavy atom. The molecule has 1 N–H and O–H groups in total. The molecule has 1 aromatic heterocycles. The van der Waals surface area contributed by atoms with Gasteiger partial charge in [-0.25, -0.2) is 9.78 Å². The van der Waals surface area contributed by atoms with Crippen LogP contribution in [0.4, 0.5) is 13.2 Å². The molecule has 3 fully saturated rings. The normalized spacial score (nSPS) is 27.1. The van der Waals surface area contributed by atoms with Gasteiger partial charge in [-0.2, -0.15) is 13.2 Å². The Hall–Kier alpha value is -1.23. The van der Waals surface area contributed by atoms with Gasteiger partial charge in [-0.05, 0) is 44.9 Å². The highest BCUT2D eigenvalue weighted by Gasteiger charge is 2.46. The molecule has 1 aliphatic carbocycles. The number of carbonyl (C=O) groups is 1. The summed E-state index contributed by atoms with van der Waals surface area (Å²) < 4.78 is 44.0. The van der Waals surface area contributed by atoms with E-state index in [0.717, 1.165) is 36.4 Å². The van der Waals surface area contributed by atoms with E-state index >= 15 is 0 Å². The SMILES string of the molecule is Cc1nc(COCC23CCCOC2CCN(CC2CC2)C3)cs1.O=C(O)C(F)(F)F. The zero-order valence-corrected chi connectivity index (χ0v) is 17.9. The van der Waals surface area contributed by atoms with Crippen LogP contribution in [0.3, 0.4) is 0 Å². The molecule has 2 unspecified atom stereocenters.